The first-order valence-electron chi connectivity index (χ1n) is 5.48. The minimum atomic E-state index is 0.723. The first-order valence-corrected chi connectivity index (χ1v) is 5.86. The van der Waals surface area contributed by atoms with E-state index in [0.717, 1.165) is 28.7 Å². The van der Waals surface area contributed by atoms with E-state index in [1.54, 1.807) is 0 Å². The summed E-state index contributed by atoms with van der Waals surface area (Å²) < 4.78 is 0. The number of para-hydroxylation sites is 1. The summed E-state index contributed by atoms with van der Waals surface area (Å²) >= 11 is 5.87. The Labute approximate surface area is 105 Å². The zero-order valence-corrected chi connectivity index (χ0v) is 9.91. The van der Waals surface area contributed by atoms with E-state index in [1.807, 2.05) is 36.4 Å². The van der Waals surface area contributed by atoms with Crippen molar-refractivity contribution < 1.29 is 0 Å². The number of hydrogen-bond donors (Lipinski definition) is 1. The van der Waals surface area contributed by atoms with Crippen molar-refractivity contribution in [2.24, 2.45) is 4.99 Å². The summed E-state index contributed by atoms with van der Waals surface area (Å²) in [6, 6.07) is 15.9. The number of benzene rings is 2. The molecule has 1 aliphatic rings. The van der Waals surface area contributed by atoms with Crippen LogP contribution in [0.1, 0.15) is 11.1 Å². The molecule has 3 rings (SSSR count). The molecule has 0 atom stereocenters. The number of fused-ring (bicyclic) bond motifs is 1. The van der Waals surface area contributed by atoms with E-state index in [2.05, 4.69) is 22.4 Å². The topological polar surface area (TPSA) is 24.4 Å². The van der Waals surface area contributed by atoms with Gasteiger partial charge in [0.2, 0.25) is 0 Å². The first kappa shape index (κ1) is 10.4. The van der Waals surface area contributed by atoms with Gasteiger partial charge in [0.15, 0.2) is 0 Å². The van der Waals surface area contributed by atoms with Crippen LogP contribution in [0, 0.1) is 0 Å². The molecular weight excluding hydrogens is 232 g/mol. The summed E-state index contributed by atoms with van der Waals surface area (Å²) in [5.41, 5.74) is 3.42. The van der Waals surface area contributed by atoms with Crippen molar-refractivity contribution in [3.05, 3.63) is 64.7 Å². The number of nitrogens with one attached hydrogen (secondary N) is 1. The van der Waals surface area contributed by atoms with Crippen molar-refractivity contribution in [3.8, 4) is 0 Å². The number of nitrogens with zero attached hydrogens (tertiary/aromatic N) is 1. The Balaban J connectivity index is 1.93. The Hall–Kier alpha value is -1.80. The number of anilines is 1. The summed E-state index contributed by atoms with van der Waals surface area (Å²) in [6.07, 6.45) is 0. The Morgan fingerprint density at radius 2 is 1.76 bits per heavy atom. The quantitative estimate of drug-likeness (QED) is 0.810. The molecule has 0 spiro atoms. The van der Waals surface area contributed by atoms with Crippen LogP contribution in [0.4, 0.5) is 5.69 Å². The lowest BCUT2D eigenvalue weighted by atomic mass is 10.1. The predicted octanol–water partition coefficient (Wildman–Crippen LogP) is 3.71. The molecule has 1 heterocycles. The summed E-state index contributed by atoms with van der Waals surface area (Å²) in [5.74, 6) is 0.903. The third-order valence-electron chi connectivity index (χ3n) is 2.80. The fourth-order valence-corrected chi connectivity index (χ4v) is 2.01. The highest BCUT2D eigenvalue weighted by atomic mass is 35.5. The molecule has 1 N–H and O–H groups in total. The van der Waals surface area contributed by atoms with Crippen LogP contribution in [0.15, 0.2) is 53.5 Å². The number of halogens is 1. The predicted molar refractivity (Wildman–Crippen MR) is 71.8 cm³/mol. The van der Waals surface area contributed by atoms with Crippen molar-refractivity contribution in [1.82, 2.24) is 0 Å². The minimum Gasteiger partial charge on any atom is -0.340 e. The van der Waals surface area contributed by atoms with Crippen molar-refractivity contribution in [2.45, 2.75) is 6.54 Å². The van der Waals surface area contributed by atoms with E-state index < -0.39 is 0 Å². The van der Waals surface area contributed by atoms with Crippen LogP contribution < -0.4 is 5.32 Å². The lowest BCUT2D eigenvalue weighted by Gasteiger charge is -2.18. The van der Waals surface area contributed by atoms with E-state index in [1.165, 1.54) is 5.56 Å². The molecule has 2 aromatic carbocycles. The molecule has 0 saturated carbocycles. The zero-order chi connectivity index (χ0) is 11.7. The molecule has 17 heavy (non-hydrogen) atoms. The fourth-order valence-electron chi connectivity index (χ4n) is 1.88. The second kappa shape index (κ2) is 4.22. The van der Waals surface area contributed by atoms with Gasteiger partial charge in [-0.05, 0) is 35.9 Å². The van der Waals surface area contributed by atoms with Crippen molar-refractivity contribution in [1.29, 1.82) is 0 Å². The van der Waals surface area contributed by atoms with Gasteiger partial charge in [-0.2, -0.15) is 0 Å². The molecule has 0 aromatic heterocycles. The zero-order valence-electron chi connectivity index (χ0n) is 9.15. The number of rotatable bonds is 1. The fraction of sp³-hybridized carbons (Fsp3) is 0.0714. The number of hydrogen-bond acceptors (Lipinski definition) is 2. The van der Waals surface area contributed by atoms with Gasteiger partial charge in [-0.25, -0.2) is 0 Å². The Bertz CT molecular complexity index is 573. The normalized spacial score (nSPS) is 13.6. The highest BCUT2D eigenvalue weighted by molar-refractivity contribution is 6.30. The largest absolute Gasteiger partial charge is 0.340 e. The molecule has 0 aliphatic carbocycles. The van der Waals surface area contributed by atoms with Gasteiger partial charge in [-0.3, -0.25) is 4.99 Å². The van der Waals surface area contributed by atoms with Gasteiger partial charge in [0.1, 0.15) is 5.84 Å². The van der Waals surface area contributed by atoms with Gasteiger partial charge in [0, 0.05) is 16.3 Å². The van der Waals surface area contributed by atoms with Crippen LogP contribution in [0.2, 0.25) is 5.02 Å². The molecule has 84 valence electrons. The van der Waals surface area contributed by atoms with Gasteiger partial charge < -0.3 is 5.32 Å². The van der Waals surface area contributed by atoms with Gasteiger partial charge in [-0.15, -0.1) is 0 Å². The maximum Gasteiger partial charge on any atom is 0.133 e. The second-order valence-electron chi connectivity index (χ2n) is 3.95. The third kappa shape index (κ3) is 2.04. The Morgan fingerprint density at radius 3 is 2.59 bits per heavy atom. The van der Waals surface area contributed by atoms with Crippen molar-refractivity contribution in [2.75, 3.05) is 5.32 Å². The Morgan fingerprint density at radius 1 is 1.00 bits per heavy atom. The van der Waals surface area contributed by atoms with E-state index in [9.17, 15) is 0 Å². The molecular formula is C14H11ClN2. The van der Waals surface area contributed by atoms with Gasteiger partial charge in [-0.1, -0.05) is 29.8 Å². The van der Waals surface area contributed by atoms with Crippen molar-refractivity contribution in [3.63, 3.8) is 0 Å². The lowest BCUT2D eigenvalue weighted by Crippen LogP contribution is -2.18. The molecule has 0 unspecified atom stereocenters. The van der Waals surface area contributed by atoms with Crippen molar-refractivity contribution >= 4 is 23.1 Å². The molecule has 3 heteroatoms. The maximum absolute atomic E-state index is 5.87. The number of amidine groups is 1. The smallest absolute Gasteiger partial charge is 0.133 e. The molecule has 0 bridgehead atoms. The molecule has 2 aromatic rings. The second-order valence-corrected chi connectivity index (χ2v) is 4.39. The van der Waals surface area contributed by atoms with E-state index >= 15 is 0 Å². The summed E-state index contributed by atoms with van der Waals surface area (Å²) in [5, 5.41) is 4.08. The highest BCUT2D eigenvalue weighted by Crippen LogP contribution is 2.22. The lowest BCUT2D eigenvalue weighted by molar-refractivity contribution is 1.05. The standard InChI is InChI=1S/C14H11ClN2/c15-12-7-5-10(6-8-12)14-16-9-11-3-1-2-4-13(11)17-14/h1-8H,9H2,(H,16,17). The molecule has 0 amide bonds. The monoisotopic (exact) mass is 242 g/mol. The summed E-state index contributed by atoms with van der Waals surface area (Å²) in [6.45, 7) is 0.723. The average Bonchev–Trinajstić information content (AvgIpc) is 2.39. The van der Waals surface area contributed by atoms with Crippen LogP contribution in [-0.2, 0) is 6.54 Å². The van der Waals surface area contributed by atoms with Crippen LogP contribution in [0.25, 0.3) is 0 Å². The summed E-state index contributed by atoms with van der Waals surface area (Å²) in [7, 11) is 0. The van der Waals surface area contributed by atoms with E-state index in [4.69, 9.17) is 11.6 Å². The van der Waals surface area contributed by atoms with Gasteiger partial charge in [0.25, 0.3) is 0 Å². The Kier molecular flexibility index (Phi) is 2.57. The first-order chi connectivity index (χ1) is 8.33. The molecule has 0 fully saturated rings. The van der Waals surface area contributed by atoms with Gasteiger partial charge in [0.05, 0.1) is 6.54 Å². The van der Waals surface area contributed by atoms with Gasteiger partial charge >= 0.3 is 0 Å². The number of aliphatic imine (C=N–C) groups is 1. The van der Waals surface area contributed by atoms with Crippen LogP contribution in [-0.4, -0.2) is 5.84 Å². The molecule has 2 nitrogen and oxygen atoms in total. The van der Waals surface area contributed by atoms with Crippen LogP contribution in [0.3, 0.4) is 0 Å². The van der Waals surface area contributed by atoms with E-state index in [-0.39, 0.29) is 0 Å². The third-order valence-corrected chi connectivity index (χ3v) is 3.05. The van der Waals surface area contributed by atoms with Crippen LogP contribution >= 0.6 is 11.6 Å². The van der Waals surface area contributed by atoms with Crippen LogP contribution in [0.5, 0.6) is 0 Å². The SMILES string of the molecule is Clc1ccc(C2=NCc3ccccc3N2)cc1. The minimum absolute atomic E-state index is 0.723. The molecule has 1 aliphatic heterocycles. The van der Waals surface area contributed by atoms with E-state index in [0.29, 0.717) is 0 Å². The maximum atomic E-state index is 5.87. The molecule has 0 saturated heterocycles. The molecule has 0 radical (unpaired) electrons. The summed E-state index contributed by atoms with van der Waals surface area (Å²) in [4.78, 5) is 4.53. The highest BCUT2D eigenvalue weighted by Gasteiger charge is 2.11. The average molecular weight is 243 g/mol.